The molecule has 3 aromatic rings. The number of hydrogen-bond acceptors (Lipinski definition) is 6. The van der Waals surface area contributed by atoms with E-state index in [-0.39, 0.29) is 5.56 Å². The molecule has 0 radical (unpaired) electrons. The first kappa shape index (κ1) is 19.5. The normalized spacial score (nSPS) is 10.4. The van der Waals surface area contributed by atoms with Gasteiger partial charge in [0.1, 0.15) is 23.1 Å². The number of nitrogens with one attached hydrogen (secondary N) is 1. The van der Waals surface area contributed by atoms with Gasteiger partial charge in [0.25, 0.3) is 5.56 Å². The highest BCUT2D eigenvalue weighted by Gasteiger charge is 2.15. The summed E-state index contributed by atoms with van der Waals surface area (Å²) in [6, 6.07) is 15.1. The number of nitrogens with zero attached hydrogens (tertiary/aromatic N) is 2. The molecule has 3 rings (SSSR count). The van der Waals surface area contributed by atoms with Gasteiger partial charge in [0.2, 0.25) is 0 Å². The lowest BCUT2D eigenvalue weighted by atomic mass is 10.0. The van der Waals surface area contributed by atoms with E-state index in [9.17, 15) is 10.1 Å². The van der Waals surface area contributed by atoms with Crippen molar-refractivity contribution in [3.05, 3.63) is 69.5 Å². The van der Waals surface area contributed by atoms with Gasteiger partial charge >= 0.3 is 0 Å². The summed E-state index contributed by atoms with van der Waals surface area (Å²) in [6.45, 7) is 1.93. The second-order valence-electron chi connectivity index (χ2n) is 6.03. The van der Waals surface area contributed by atoms with Gasteiger partial charge in [-0.1, -0.05) is 36.0 Å². The molecule has 0 fully saturated rings. The zero-order valence-corrected chi connectivity index (χ0v) is 16.6. The zero-order valence-electron chi connectivity index (χ0n) is 15.8. The second kappa shape index (κ2) is 8.63. The summed E-state index contributed by atoms with van der Waals surface area (Å²) in [6.07, 6.45) is 0. The maximum Gasteiger partial charge on any atom is 0.270 e. The molecule has 7 heteroatoms. The van der Waals surface area contributed by atoms with Crippen molar-refractivity contribution in [2.75, 3.05) is 14.2 Å². The lowest BCUT2D eigenvalue weighted by Gasteiger charge is -2.10. The summed E-state index contributed by atoms with van der Waals surface area (Å²) in [5.74, 6) is 1.93. The summed E-state index contributed by atoms with van der Waals surface area (Å²) < 4.78 is 10.6. The van der Waals surface area contributed by atoms with Crippen LogP contribution in [0, 0.1) is 18.3 Å². The number of ether oxygens (including phenoxy) is 2. The summed E-state index contributed by atoms with van der Waals surface area (Å²) >= 11 is 1.37. The van der Waals surface area contributed by atoms with Crippen molar-refractivity contribution in [3.8, 4) is 28.8 Å². The van der Waals surface area contributed by atoms with Crippen molar-refractivity contribution < 1.29 is 9.47 Å². The highest BCUT2D eigenvalue weighted by molar-refractivity contribution is 7.98. The smallest absolute Gasteiger partial charge is 0.270 e. The van der Waals surface area contributed by atoms with E-state index in [1.165, 1.54) is 11.8 Å². The fraction of sp³-hybridized carbons (Fsp3) is 0.190. The van der Waals surface area contributed by atoms with E-state index in [1.54, 1.807) is 20.3 Å². The lowest BCUT2D eigenvalue weighted by molar-refractivity contribution is 0.393. The molecule has 0 aliphatic carbocycles. The van der Waals surface area contributed by atoms with E-state index < -0.39 is 5.56 Å². The van der Waals surface area contributed by atoms with Crippen LogP contribution in [0.15, 0.2) is 52.4 Å². The maximum absolute atomic E-state index is 12.4. The predicted octanol–water partition coefficient (Wildman–Crippen LogP) is 3.93. The van der Waals surface area contributed by atoms with Crippen molar-refractivity contribution in [2.24, 2.45) is 0 Å². The summed E-state index contributed by atoms with van der Waals surface area (Å²) in [5, 5.41) is 9.87. The van der Waals surface area contributed by atoms with Crippen molar-refractivity contribution in [1.29, 1.82) is 5.26 Å². The van der Waals surface area contributed by atoms with Crippen molar-refractivity contribution in [2.45, 2.75) is 17.8 Å². The number of nitriles is 1. The third kappa shape index (κ3) is 4.18. The molecule has 0 unspecified atom stereocenters. The topological polar surface area (TPSA) is 88.0 Å². The number of benzene rings is 2. The fourth-order valence-electron chi connectivity index (χ4n) is 2.76. The number of methoxy groups -OCH3 is 2. The summed E-state index contributed by atoms with van der Waals surface area (Å²) in [4.78, 5) is 19.7. The van der Waals surface area contributed by atoms with E-state index >= 15 is 0 Å². The molecule has 0 saturated heterocycles. The number of rotatable bonds is 6. The van der Waals surface area contributed by atoms with Gasteiger partial charge in [-0.15, -0.1) is 0 Å². The van der Waals surface area contributed by atoms with Gasteiger partial charge in [-0.25, -0.2) is 4.98 Å². The van der Waals surface area contributed by atoms with Crippen molar-refractivity contribution >= 4 is 11.8 Å². The minimum atomic E-state index is -0.443. The minimum absolute atomic E-state index is 0.0155. The van der Waals surface area contributed by atoms with Gasteiger partial charge in [-0.3, -0.25) is 4.79 Å². The molecule has 1 heterocycles. The Morgan fingerprint density at radius 2 is 1.82 bits per heavy atom. The molecule has 6 nitrogen and oxygen atoms in total. The summed E-state index contributed by atoms with van der Waals surface area (Å²) in [5.41, 5.74) is 2.66. The van der Waals surface area contributed by atoms with Gasteiger partial charge in [0, 0.05) is 17.4 Å². The molecule has 0 spiro atoms. The molecule has 0 atom stereocenters. The molecule has 0 aliphatic rings. The predicted molar refractivity (Wildman–Crippen MR) is 109 cm³/mol. The highest BCUT2D eigenvalue weighted by Crippen LogP contribution is 2.29. The Morgan fingerprint density at radius 1 is 1.14 bits per heavy atom. The molecule has 28 heavy (non-hydrogen) atoms. The monoisotopic (exact) mass is 393 g/mol. The molecule has 142 valence electrons. The van der Waals surface area contributed by atoms with Crippen LogP contribution >= 0.6 is 11.8 Å². The molecule has 2 aromatic carbocycles. The van der Waals surface area contributed by atoms with E-state index in [2.05, 4.69) is 9.97 Å². The quantitative estimate of drug-likeness (QED) is 0.504. The molecule has 0 saturated carbocycles. The standard InChI is InChI=1S/C21H19N3O3S/c1-13-6-4-5-7-17(13)19-18(11-22)20(25)24-21(23-19)28-12-14-8-15(26-2)10-16(9-14)27-3/h4-10H,12H2,1-3H3,(H,23,24,25). The van der Waals surface area contributed by atoms with Crippen LogP contribution in [0.1, 0.15) is 16.7 Å². The van der Waals surface area contributed by atoms with Crippen LogP contribution in [0.4, 0.5) is 0 Å². The molecular weight excluding hydrogens is 374 g/mol. The Labute approximate surface area is 167 Å². The van der Waals surface area contributed by atoms with Gasteiger partial charge < -0.3 is 14.5 Å². The molecule has 1 aromatic heterocycles. The van der Waals surface area contributed by atoms with Crippen LogP contribution in [0.25, 0.3) is 11.3 Å². The molecular formula is C21H19N3O3S. The molecule has 1 N–H and O–H groups in total. The average molecular weight is 393 g/mol. The summed E-state index contributed by atoms with van der Waals surface area (Å²) in [7, 11) is 3.19. The van der Waals surface area contributed by atoms with E-state index in [1.807, 2.05) is 49.4 Å². The number of H-pyrrole nitrogens is 1. The first-order valence-electron chi connectivity index (χ1n) is 8.51. The van der Waals surface area contributed by atoms with Crippen LogP contribution in [0.5, 0.6) is 11.5 Å². The van der Waals surface area contributed by atoms with Crippen LogP contribution in [-0.2, 0) is 5.75 Å². The maximum atomic E-state index is 12.4. The molecule has 0 bridgehead atoms. The van der Waals surface area contributed by atoms with Gasteiger partial charge in [0.05, 0.1) is 19.9 Å². The van der Waals surface area contributed by atoms with Gasteiger partial charge in [-0.05, 0) is 30.2 Å². The Morgan fingerprint density at radius 3 is 2.43 bits per heavy atom. The average Bonchev–Trinajstić information content (AvgIpc) is 2.71. The number of aromatic nitrogens is 2. The van der Waals surface area contributed by atoms with E-state index in [4.69, 9.17) is 9.47 Å². The van der Waals surface area contributed by atoms with Crippen LogP contribution in [-0.4, -0.2) is 24.2 Å². The number of thioether (sulfide) groups is 1. The third-order valence-electron chi connectivity index (χ3n) is 4.20. The first-order chi connectivity index (χ1) is 13.5. The number of aromatic amines is 1. The third-order valence-corrected chi connectivity index (χ3v) is 5.14. The first-order valence-corrected chi connectivity index (χ1v) is 9.49. The van der Waals surface area contributed by atoms with Gasteiger partial charge in [0.15, 0.2) is 5.16 Å². The van der Waals surface area contributed by atoms with Gasteiger partial charge in [-0.2, -0.15) is 5.26 Å². The Kier molecular flexibility index (Phi) is 6.02. The number of hydrogen-bond donors (Lipinski definition) is 1. The number of aryl methyl sites for hydroxylation is 1. The van der Waals surface area contributed by atoms with Crippen molar-refractivity contribution in [3.63, 3.8) is 0 Å². The van der Waals surface area contributed by atoms with Crippen LogP contribution < -0.4 is 15.0 Å². The van der Waals surface area contributed by atoms with Crippen molar-refractivity contribution in [1.82, 2.24) is 9.97 Å². The highest BCUT2D eigenvalue weighted by atomic mass is 32.2. The minimum Gasteiger partial charge on any atom is -0.497 e. The fourth-order valence-corrected chi connectivity index (χ4v) is 3.55. The van der Waals surface area contributed by atoms with Crippen LogP contribution in [0.3, 0.4) is 0 Å². The lowest BCUT2D eigenvalue weighted by Crippen LogP contribution is -2.15. The van der Waals surface area contributed by atoms with E-state index in [0.29, 0.717) is 28.1 Å². The molecule has 0 amide bonds. The van der Waals surface area contributed by atoms with E-state index in [0.717, 1.165) is 16.7 Å². The second-order valence-corrected chi connectivity index (χ2v) is 7.00. The van der Waals surface area contributed by atoms with Crippen LogP contribution in [0.2, 0.25) is 0 Å². The Balaban J connectivity index is 1.95. The SMILES string of the molecule is COc1cc(CSc2nc(-c3ccccc3C)c(C#N)c(=O)[nH]2)cc(OC)c1. The Bertz CT molecular complexity index is 1080. The Hall–Kier alpha value is -3.24. The molecule has 0 aliphatic heterocycles. The zero-order chi connectivity index (χ0) is 20.1. The largest absolute Gasteiger partial charge is 0.497 e.